The maximum Gasteiger partial charge on any atom is 0.266 e. The fourth-order valence-electron chi connectivity index (χ4n) is 2.19. The molecule has 2 N–H and O–H groups in total. The summed E-state index contributed by atoms with van der Waals surface area (Å²) in [7, 11) is 0. The van der Waals surface area contributed by atoms with E-state index >= 15 is 0 Å². The van der Waals surface area contributed by atoms with E-state index in [1.54, 1.807) is 23.1 Å². The van der Waals surface area contributed by atoms with Gasteiger partial charge in [-0.05, 0) is 43.3 Å². The summed E-state index contributed by atoms with van der Waals surface area (Å²) in [4.78, 5) is 17.6. The number of nitrogens with one attached hydrogen (secondary N) is 1. The molecule has 0 unspecified atom stereocenters. The molecular formula is C15H20N2O3S. The first-order chi connectivity index (χ1) is 10.2. The number of carbonyl (C=O) groups is 1. The van der Waals surface area contributed by atoms with Crippen LogP contribution in [0.15, 0.2) is 22.6 Å². The Morgan fingerprint density at radius 1 is 1.38 bits per heavy atom. The van der Waals surface area contributed by atoms with Crippen molar-refractivity contribution in [2.24, 2.45) is 0 Å². The number of aliphatic hydroxyl groups is 1. The lowest BCUT2D eigenvalue weighted by atomic mass is 10.1. The summed E-state index contributed by atoms with van der Waals surface area (Å²) < 4.78 is 5.35. The fraction of sp³-hybridized carbons (Fsp3) is 0.467. The van der Waals surface area contributed by atoms with Gasteiger partial charge in [-0.15, -0.1) is 0 Å². The van der Waals surface area contributed by atoms with Crippen LogP contribution in [0.25, 0.3) is 11.1 Å². The lowest BCUT2D eigenvalue weighted by molar-refractivity contribution is 0.0742. The number of hydrogen-bond acceptors (Lipinski definition) is 4. The molecular weight excluding hydrogens is 288 g/mol. The number of unbranched alkanes of at least 4 members (excludes halogenated alkanes) is 1. The smallest absolute Gasteiger partial charge is 0.266 e. The van der Waals surface area contributed by atoms with Crippen molar-refractivity contribution in [1.82, 2.24) is 9.88 Å². The van der Waals surface area contributed by atoms with Gasteiger partial charge in [0.2, 0.25) is 0 Å². The second-order valence-corrected chi connectivity index (χ2v) is 5.32. The minimum Gasteiger partial charge on any atom is -0.429 e. The minimum atomic E-state index is -0.0406. The van der Waals surface area contributed by atoms with Crippen LogP contribution in [0.1, 0.15) is 36.5 Å². The van der Waals surface area contributed by atoms with Gasteiger partial charge in [-0.2, -0.15) is 0 Å². The number of hydrogen-bond donors (Lipinski definition) is 2. The van der Waals surface area contributed by atoms with Gasteiger partial charge in [-0.1, -0.05) is 13.3 Å². The highest BCUT2D eigenvalue weighted by Crippen LogP contribution is 2.17. The Labute approximate surface area is 128 Å². The Hall–Kier alpha value is -1.66. The van der Waals surface area contributed by atoms with Crippen LogP contribution in [0.5, 0.6) is 0 Å². The Bertz CT molecular complexity index is 654. The van der Waals surface area contributed by atoms with E-state index in [0.717, 1.165) is 18.4 Å². The van der Waals surface area contributed by atoms with Crippen LogP contribution in [0.3, 0.4) is 0 Å². The van der Waals surface area contributed by atoms with Gasteiger partial charge in [0.05, 0.1) is 5.52 Å². The van der Waals surface area contributed by atoms with Gasteiger partial charge in [-0.25, -0.2) is 0 Å². The number of aromatic amines is 1. The molecule has 0 aliphatic carbocycles. The number of nitrogens with zero attached hydrogens (tertiary/aromatic N) is 1. The molecule has 1 aromatic heterocycles. The molecule has 114 valence electrons. The van der Waals surface area contributed by atoms with Gasteiger partial charge in [0.25, 0.3) is 10.7 Å². The summed E-state index contributed by atoms with van der Waals surface area (Å²) in [6.07, 6.45) is 2.56. The zero-order chi connectivity index (χ0) is 15.2. The van der Waals surface area contributed by atoms with Gasteiger partial charge >= 0.3 is 0 Å². The van der Waals surface area contributed by atoms with Crippen molar-refractivity contribution in [3.8, 4) is 0 Å². The number of benzene rings is 1. The van der Waals surface area contributed by atoms with E-state index in [0.29, 0.717) is 35.5 Å². The van der Waals surface area contributed by atoms with Crippen molar-refractivity contribution in [2.75, 3.05) is 19.7 Å². The number of aliphatic hydroxyl groups excluding tert-OH is 1. The van der Waals surface area contributed by atoms with E-state index in [9.17, 15) is 4.79 Å². The normalized spacial score (nSPS) is 11.0. The van der Waals surface area contributed by atoms with Crippen LogP contribution < -0.4 is 0 Å². The van der Waals surface area contributed by atoms with E-state index in [1.165, 1.54) is 0 Å². The van der Waals surface area contributed by atoms with E-state index in [-0.39, 0.29) is 12.5 Å². The fourth-order valence-corrected chi connectivity index (χ4v) is 2.39. The number of carbonyl (C=O) groups excluding carboxylic acids is 1. The van der Waals surface area contributed by atoms with Crippen LogP contribution in [0.4, 0.5) is 0 Å². The molecule has 1 amide bonds. The number of fused-ring (bicyclic) bond motifs is 1. The summed E-state index contributed by atoms with van der Waals surface area (Å²) in [5.74, 6) is -0.0406. The zero-order valence-electron chi connectivity index (χ0n) is 12.1. The maximum absolute atomic E-state index is 12.6. The van der Waals surface area contributed by atoms with Gasteiger partial charge < -0.3 is 19.4 Å². The Morgan fingerprint density at radius 2 is 2.14 bits per heavy atom. The first-order valence-corrected chi connectivity index (χ1v) is 7.59. The molecule has 0 aliphatic heterocycles. The summed E-state index contributed by atoms with van der Waals surface area (Å²) in [6, 6.07) is 5.27. The van der Waals surface area contributed by atoms with Crippen molar-refractivity contribution >= 4 is 29.2 Å². The molecule has 6 heteroatoms. The lowest BCUT2D eigenvalue weighted by Gasteiger charge is -2.22. The molecule has 2 rings (SSSR count). The molecule has 21 heavy (non-hydrogen) atoms. The second kappa shape index (κ2) is 7.38. The van der Waals surface area contributed by atoms with Gasteiger partial charge in [0.15, 0.2) is 5.58 Å². The van der Waals surface area contributed by atoms with Crippen molar-refractivity contribution in [3.05, 3.63) is 28.6 Å². The van der Waals surface area contributed by atoms with E-state index in [4.69, 9.17) is 21.7 Å². The van der Waals surface area contributed by atoms with Crippen molar-refractivity contribution in [1.29, 1.82) is 0 Å². The first-order valence-electron chi connectivity index (χ1n) is 7.18. The highest BCUT2D eigenvalue weighted by molar-refractivity contribution is 7.71. The predicted molar refractivity (Wildman–Crippen MR) is 83.9 cm³/mol. The van der Waals surface area contributed by atoms with Crippen LogP contribution in [-0.2, 0) is 0 Å². The number of amides is 1. The highest BCUT2D eigenvalue weighted by atomic mass is 32.1. The topological polar surface area (TPSA) is 69.5 Å². The van der Waals surface area contributed by atoms with E-state index in [1.807, 2.05) is 0 Å². The number of oxazole rings is 1. The molecule has 0 spiro atoms. The Kier molecular flexibility index (Phi) is 5.52. The Morgan fingerprint density at radius 3 is 2.86 bits per heavy atom. The van der Waals surface area contributed by atoms with Gasteiger partial charge in [0, 0.05) is 25.3 Å². The van der Waals surface area contributed by atoms with E-state index < -0.39 is 0 Å². The zero-order valence-corrected chi connectivity index (χ0v) is 12.9. The van der Waals surface area contributed by atoms with Crippen LogP contribution >= 0.6 is 12.2 Å². The van der Waals surface area contributed by atoms with Crippen LogP contribution in [-0.4, -0.2) is 40.6 Å². The molecule has 1 aromatic carbocycles. The molecule has 0 atom stereocenters. The predicted octanol–water partition coefficient (Wildman–Crippen LogP) is 3.12. The number of rotatable bonds is 7. The standard InChI is InChI=1S/C15H20N2O3S/c1-2-3-7-17(8-4-9-18)14(19)11-5-6-12-13(10-11)20-15(21)16-12/h5-6,10,18H,2-4,7-9H2,1H3,(H,16,21). The second-order valence-electron chi connectivity index (χ2n) is 4.95. The molecule has 0 bridgehead atoms. The Balaban J connectivity index is 2.21. The van der Waals surface area contributed by atoms with Crippen molar-refractivity contribution in [3.63, 3.8) is 0 Å². The molecule has 0 radical (unpaired) electrons. The van der Waals surface area contributed by atoms with E-state index in [2.05, 4.69) is 11.9 Å². The van der Waals surface area contributed by atoms with Gasteiger partial charge in [-0.3, -0.25) is 4.79 Å². The molecule has 0 saturated heterocycles. The third-order valence-electron chi connectivity index (χ3n) is 3.32. The first kappa shape index (κ1) is 15.7. The van der Waals surface area contributed by atoms with Crippen molar-refractivity contribution in [2.45, 2.75) is 26.2 Å². The summed E-state index contributed by atoms with van der Waals surface area (Å²) >= 11 is 4.94. The molecule has 0 saturated carbocycles. The lowest BCUT2D eigenvalue weighted by Crippen LogP contribution is -2.33. The molecule has 0 aliphatic rings. The number of aromatic nitrogens is 1. The average Bonchev–Trinajstić information content (AvgIpc) is 2.85. The third kappa shape index (κ3) is 3.92. The minimum absolute atomic E-state index is 0.0406. The highest BCUT2D eigenvalue weighted by Gasteiger charge is 2.16. The molecule has 0 fully saturated rings. The number of H-pyrrole nitrogens is 1. The van der Waals surface area contributed by atoms with Gasteiger partial charge in [0.1, 0.15) is 0 Å². The summed E-state index contributed by atoms with van der Waals surface area (Å²) in [5, 5.41) is 8.97. The van der Waals surface area contributed by atoms with Crippen molar-refractivity contribution < 1.29 is 14.3 Å². The monoisotopic (exact) mass is 308 g/mol. The molecule has 2 aromatic rings. The molecule has 5 nitrogen and oxygen atoms in total. The summed E-state index contributed by atoms with van der Waals surface area (Å²) in [6.45, 7) is 3.43. The average molecular weight is 308 g/mol. The maximum atomic E-state index is 12.6. The van der Waals surface area contributed by atoms with Crippen LogP contribution in [0.2, 0.25) is 0 Å². The molecule has 1 heterocycles. The van der Waals surface area contributed by atoms with Crippen LogP contribution in [0, 0.1) is 4.84 Å². The largest absolute Gasteiger partial charge is 0.429 e. The SMILES string of the molecule is CCCCN(CCCO)C(=O)c1ccc2[nH]c(=S)oc2c1. The quantitative estimate of drug-likeness (QED) is 0.771. The summed E-state index contributed by atoms with van der Waals surface area (Å²) in [5.41, 5.74) is 1.95. The third-order valence-corrected chi connectivity index (χ3v) is 3.51.